The average molecular weight is 193 g/mol. The first-order valence-electron chi connectivity index (χ1n) is 4.30. The first kappa shape index (κ1) is 10.2. The Hall–Kier alpha value is -0.890. The van der Waals surface area contributed by atoms with Gasteiger partial charge in [0, 0.05) is 16.3 Å². The average Bonchev–Trinajstić information content (AvgIpc) is 2.08. The standard InChI is InChI=1S/C11H15NS/c1-9(2)7-8-13-11-5-3-10(12)4-6-11/h3-7H,8,12H2,1-2H3. The van der Waals surface area contributed by atoms with Gasteiger partial charge < -0.3 is 5.73 Å². The fourth-order valence-corrected chi connectivity index (χ4v) is 1.81. The van der Waals surface area contributed by atoms with E-state index in [0.29, 0.717) is 0 Å². The van der Waals surface area contributed by atoms with Gasteiger partial charge in [-0.25, -0.2) is 0 Å². The Labute approximate surface area is 84.0 Å². The maximum Gasteiger partial charge on any atom is 0.0314 e. The SMILES string of the molecule is CC(C)=CCSc1ccc(N)cc1. The number of anilines is 1. The molecule has 0 saturated heterocycles. The quantitative estimate of drug-likeness (QED) is 0.452. The minimum Gasteiger partial charge on any atom is -0.399 e. The highest BCUT2D eigenvalue weighted by atomic mass is 32.2. The minimum absolute atomic E-state index is 0.826. The zero-order chi connectivity index (χ0) is 9.68. The summed E-state index contributed by atoms with van der Waals surface area (Å²) in [6.07, 6.45) is 2.22. The second-order valence-corrected chi connectivity index (χ2v) is 4.25. The van der Waals surface area contributed by atoms with E-state index in [1.165, 1.54) is 10.5 Å². The molecule has 0 radical (unpaired) electrons. The molecule has 1 aromatic carbocycles. The van der Waals surface area contributed by atoms with Crippen molar-refractivity contribution in [3.05, 3.63) is 35.9 Å². The lowest BCUT2D eigenvalue weighted by Gasteiger charge is -1.98. The summed E-state index contributed by atoms with van der Waals surface area (Å²) in [6, 6.07) is 7.98. The number of benzene rings is 1. The molecule has 0 aromatic heterocycles. The summed E-state index contributed by atoms with van der Waals surface area (Å²) in [5, 5.41) is 0. The van der Waals surface area contributed by atoms with Crippen molar-refractivity contribution in [2.75, 3.05) is 11.5 Å². The number of hydrogen-bond donors (Lipinski definition) is 1. The molecule has 1 aromatic rings. The summed E-state index contributed by atoms with van der Waals surface area (Å²) in [4.78, 5) is 1.27. The molecule has 13 heavy (non-hydrogen) atoms. The van der Waals surface area contributed by atoms with Gasteiger partial charge in [0.15, 0.2) is 0 Å². The molecule has 0 aliphatic rings. The minimum atomic E-state index is 0.826. The van der Waals surface area contributed by atoms with Gasteiger partial charge >= 0.3 is 0 Å². The van der Waals surface area contributed by atoms with Crippen LogP contribution in [0.2, 0.25) is 0 Å². The second-order valence-electron chi connectivity index (χ2n) is 3.16. The lowest BCUT2D eigenvalue weighted by molar-refractivity contribution is 1.36. The Bertz CT molecular complexity index is 283. The van der Waals surface area contributed by atoms with Gasteiger partial charge in [0.25, 0.3) is 0 Å². The van der Waals surface area contributed by atoms with Crippen LogP contribution >= 0.6 is 11.8 Å². The van der Waals surface area contributed by atoms with Crippen molar-refractivity contribution in [3.8, 4) is 0 Å². The normalized spacial score (nSPS) is 9.69. The summed E-state index contributed by atoms with van der Waals surface area (Å²) < 4.78 is 0. The van der Waals surface area contributed by atoms with Crippen LogP contribution in [0.25, 0.3) is 0 Å². The molecule has 0 heterocycles. The van der Waals surface area contributed by atoms with E-state index in [1.807, 2.05) is 23.9 Å². The molecule has 1 rings (SSSR count). The van der Waals surface area contributed by atoms with E-state index in [2.05, 4.69) is 32.1 Å². The second kappa shape index (κ2) is 4.97. The molecule has 0 aliphatic carbocycles. The number of allylic oxidation sites excluding steroid dienone is 1. The van der Waals surface area contributed by atoms with Crippen LogP contribution in [0.1, 0.15) is 13.8 Å². The molecule has 2 N–H and O–H groups in total. The molecular formula is C11H15NS. The summed E-state index contributed by atoms with van der Waals surface area (Å²) in [7, 11) is 0. The van der Waals surface area contributed by atoms with Crippen molar-refractivity contribution < 1.29 is 0 Å². The zero-order valence-electron chi connectivity index (χ0n) is 8.08. The molecular weight excluding hydrogens is 178 g/mol. The van der Waals surface area contributed by atoms with E-state index >= 15 is 0 Å². The van der Waals surface area contributed by atoms with Crippen molar-refractivity contribution in [2.24, 2.45) is 0 Å². The van der Waals surface area contributed by atoms with E-state index in [-0.39, 0.29) is 0 Å². The molecule has 0 bridgehead atoms. The van der Waals surface area contributed by atoms with E-state index in [0.717, 1.165) is 11.4 Å². The summed E-state index contributed by atoms with van der Waals surface area (Å²) in [5.74, 6) is 1.03. The summed E-state index contributed by atoms with van der Waals surface area (Å²) in [6.45, 7) is 4.23. The summed E-state index contributed by atoms with van der Waals surface area (Å²) in [5.41, 5.74) is 7.77. The third kappa shape index (κ3) is 4.04. The van der Waals surface area contributed by atoms with Gasteiger partial charge in [-0.3, -0.25) is 0 Å². The Morgan fingerprint density at radius 3 is 2.46 bits per heavy atom. The molecule has 2 heteroatoms. The molecule has 0 saturated carbocycles. The number of nitrogen functional groups attached to an aromatic ring is 1. The van der Waals surface area contributed by atoms with Gasteiger partial charge in [0.05, 0.1) is 0 Å². The molecule has 70 valence electrons. The molecule has 0 atom stereocenters. The maximum atomic E-state index is 5.58. The van der Waals surface area contributed by atoms with Crippen LogP contribution in [0, 0.1) is 0 Å². The fraction of sp³-hybridized carbons (Fsp3) is 0.273. The van der Waals surface area contributed by atoms with Gasteiger partial charge in [-0.1, -0.05) is 11.6 Å². The highest BCUT2D eigenvalue weighted by molar-refractivity contribution is 7.99. The lowest BCUT2D eigenvalue weighted by atomic mass is 10.3. The van der Waals surface area contributed by atoms with Crippen molar-refractivity contribution >= 4 is 17.4 Å². The third-order valence-corrected chi connectivity index (χ3v) is 2.56. The summed E-state index contributed by atoms with van der Waals surface area (Å²) >= 11 is 1.83. The van der Waals surface area contributed by atoms with Crippen LogP contribution in [0.4, 0.5) is 5.69 Å². The Balaban J connectivity index is 2.46. The molecule has 0 amide bonds. The molecule has 1 nitrogen and oxygen atoms in total. The monoisotopic (exact) mass is 193 g/mol. The van der Waals surface area contributed by atoms with Gasteiger partial charge in [-0.2, -0.15) is 0 Å². The van der Waals surface area contributed by atoms with Crippen molar-refractivity contribution in [2.45, 2.75) is 18.7 Å². The van der Waals surface area contributed by atoms with Crippen LogP contribution in [-0.2, 0) is 0 Å². The van der Waals surface area contributed by atoms with Gasteiger partial charge in [-0.15, -0.1) is 11.8 Å². The number of nitrogens with two attached hydrogens (primary N) is 1. The highest BCUT2D eigenvalue weighted by Crippen LogP contribution is 2.19. The van der Waals surface area contributed by atoms with E-state index in [1.54, 1.807) is 0 Å². The zero-order valence-corrected chi connectivity index (χ0v) is 8.90. The van der Waals surface area contributed by atoms with E-state index in [4.69, 9.17) is 5.73 Å². The largest absolute Gasteiger partial charge is 0.399 e. The predicted octanol–water partition coefficient (Wildman–Crippen LogP) is 3.33. The fourth-order valence-electron chi connectivity index (χ4n) is 0.869. The van der Waals surface area contributed by atoms with Crippen molar-refractivity contribution in [3.63, 3.8) is 0 Å². The first-order chi connectivity index (χ1) is 6.18. The topological polar surface area (TPSA) is 26.0 Å². The molecule has 0 aliphatic heterocycles. The number of rotatable bonds is 3. The van der Waals surface area contributed by atoms with Crippen LogP contribution in [0.3, 0.4) is 0 Å². The van der Waals surface area contributed by atoms with Crippen molar-refractivity contribution in [1.82, 2.24) is 0 Å². The molecule has 0 spiro atoms. The van der Waals surface area contributed by atoms with E-state index in [9.17, 15) is 0 Å². The molecule has 0 unspecified atom stereocenters. The van der Waals surface area contributed by atoms with E-state index < -0.39 is 0 Å². The molecule has 0 fully saturated rings. The first-order valence-corrected chi connectivity index (χ1v) is 5.29. The predicted molar refractivity (Wildman–Crippen MR) is 61.0 cm³/mol. The lowest BCUT2D eigenvalue weighted by Crippen LogP contribution is -1.82. The van der Waals surface area contributed by atoms with Gasteiger partial charge in [0.1, 0.15) is 0 Å². The third-order valence-electron chi connectivity index (χ3n) is 1.62. The maximum absolute atomic E-state index is 5.58. The van der Waals surface area contributed by atoms with Gasteiger partial charge in [-0.05, 0) is 38.1 Å². The van der Waals surface area contributed by atoms with Crippen LogP contribution in [0.15, 0.2) is 40.8 Å². The number of hydrogen-bond acceptors (Lipinski definition) is 2. The van der Waals surface area contributed by atoms with Crippen LogP contribution in [-0.4, -0.2) is 5.75 Å². The number of thioether (sulfide) groups is 1. The smallest absolute Gasteiger partial charge is 0.0314 e. The van der Waals surface area contributed by atoms with Crippen LogP contribution in [0.5, 0.6) is 0 Å². The Morgan fingerprint density at radius 1 is 1.31 bits per heavy atom. The Morgan fingerprint density at radius 2 is 1.92 bits per heavy atom. The Kier molecular flexibility index (Phi) is 3.90. The van der Waals surface area contributed by atoms with Gasteiger partial charge in [0.2, 0.25) is 0 Å². The highest BCUT2D eigenvalue weighted by Gasteiger charge is 1.91. The van der Waals surface area contributed by atoms with Crippen LogP contribution < -0.4 is 5.73 Å². The van der Waals surface area contributed by atoms with Crippen molar-refractivity contribution in [1.29, 1.82) is 0 Å².